The molecule has 1 aromatic carbocycles. The molecule has 0 aliphatic rings. The minimum absolute atomic E-state index is 0.115. The summed E-state index contributed by atoms with van der Waals surface area (Å²) >= 11 is 0. The first-order chi connectivity index (χ1) is 8.94. The number of aryl methyl sites for hydroxylation is 2. The number of sulfonamides is 1. The lowest BCUT2D eigenvalue weighted by Crippen LogP contribution is -2.16. The zero-order valence-electron chi connectivity index (χ0n) is 10.6. The van der Waals surface area contributed by atoms with E-state index in [0.717, 1.165) is 11.1 Å². The van der Waals surface area contributed by atoms with E-state index < -0.39 is 10.0 Å². The van der Waals surface area contributed by atoms with E-state index in [0.29, 0.717) is 5.69 Å². The summed E-state index contributed by atoms with van der Waals surface area (Å²) in [5, 5.41) is 15.0. The van der Waals surface area contributed by atoms with Gasteiger partial charge in [-0.1, -0.05) is 12.1 Å². The molecule has 0 aliphatic carbocycles. The number of hydrogen-bond donors (Lipinski definition) is 3. The number of nitrogens with one attached hydrogen (secondary N) is 2. The summed E-state index contributed by atoms with van der Waals surface area (Å²) in [7, 11) is -3.78. The van der Waals surface area contributed by atoms with Crippen LogP contribution in [0, 0.1) is 13.8 Å². The zero-order chi connectivity index (χ0) is 14.0. The largest absolute Gasteiger partial charge is 0.392 e. The van der Waals surface area contributed by atoms with Gasteiger partial charge in [-0.05, 0) is 31.0 Å². The van der Waals surface area contributed by atoms with Crippen LogP contribution in [0.4, 0.5) is 5.69 Å². The summed E-state index contributed by atoms with van der Waals surface area (Å²) in [5.74, 6) is 0. The molecule has 6 nitrogen and oxygen atoms in total. The van der Waals surface area contributed by atoms with Crippen LogP contribution in [0.2, 0.25) is 0 Å². The van der Waals surface area contributed by atoms with Crippen molar-refractivity contribution in [2.45, 2.75) is 25.5 Å². The number of nitrogens with zero attached hydrogens (tertiary/aromatic N) is 1. The Morgan fingerprint density at radius 3 is 2.79 bits per heavy atom. The summed E-state index contributed by atoms with van der Waals surface area (Å²) in [5.41, 5.74) is 2.52. The second kappa shape index (κ2) is 5.02. The van der Waals surface area contributed by atoms with E-state index in [1.807, 2.05) is 26.0 Å². The summed E-state index contributed by atoms with van der Waals surface area (Å²) < 4.78 is 26.9. The van der Waals surface area contributed by atoms with E-state index in [-0.39, 0.29) is 17.2 Å². The van der Waals surface area contributed by atoms with Gasteiger partial charge in [0.1, 0.15) is 0 Å². The number of aliphatic hydroxyl groups excluding tert-OH is 1. The highest BCUT2D eigenvalue weighted by Gasteiger charge is 2.21. The Morgan fingerprint density at radius 2 is 2.11 bits per heavy atom. The van der Waals surface area contributed by atoms with Crippen LogP contribution in [0.25, 0.3) is 0 Å². The van der Waals surface area contributed by atoms with Gasteiger partial charge in [0.15, 0.2) is 5.03 Å². The molecule has 102 valence electrons. The van der Waals surface area contributed by atoms with Crippen molar-refractivity contribution in [3.8, 4) is 0 Å². The average Bonchev–Trinajstić information content (AvgIpc) is 2.82. The summed E-state index contributed by atoms with van der Waals surface area (Å²) in [6, 6.07) is 5.50. The lowest BCUT2D eigenvalue weighted by Gasteiger charge is -2.10. The van der Waals surface area contributed by atoms with Crippen LogP contribution in [-0.2, 0) is 16.6 Å². The number of hydrogen-bond acceptors (Lipinski definition) is 4. The summed E-state index contributed by atoms with van der Waals surface area (Å²) in [6.07, 6.45) is 1.29. The van der Waals surface area contributed by atoms with Gasteiger partial charge in [-0.2, -0.15) is 13.5 Å². The molecule has 2 aromatic rings. The van der Waals surface area contributed by atoms with Crippen LogP contribution < -0.4 is 4.72 Å². The van der Waals surface area contributed by atoms with E-state index in [1.54, 1.807) is 6.07 Å². The van der Waals surface area contributed by atoms with Gasteiger partial charge in [0.05, 0.1) is 18.5 Å². The zero-order valence-corrected chi connectivity index (χ0v) is 11.5. The van der Waals surface area contributed by atoms with Crippen molar-refractivity contribution in [1.82, 2.24) is 10.2 Å². The van der Waals surface area contributed by atoms with Gasteiger partial charge < -0.3 is 5.11 Å². The SMILES string of the molecule is Cc1ccc(C)c(NS(=O)(=O)c2[nH]ncc2CO)c1. The molecule has 0 atom stereocenters. The molecule has 19 heavy (non-hydrogen) atoms. The molecule has 0 fully saturated rings. The molecule has 0 spiro atoms. The highest BCUT2D eigenvalue weighted by Crippen LogP contribution is 2.21. The lowest BCUT2D eigenvalue weighted by molar-refractivity contribution is 0.278. The highest BCUT2D eigenvalue weighted by molar-refractivity contribution is 7.92. The third kappa shape index (κ3) is 2.77. The van der Waals surface area contributed by atoms with E-state index >= 15 is 0 Å². The summed E-state index contributed by atoms with van der Waals surface area (Å²) in [4.78, 5) is 0. The maximum absolute atomic E-state index is 12.2. The van der Waals surface area contributed by atoms with Crippen molar-refractivity contribution in [2.24, 2.45) is 0 Å². The predicted octanol–water partition coefficient (Wildman–Crippen LogP) is 1.32. The van der Waals surface area contributed by atoms with Crippen LogP contribution in [0.15, 0.2) is 29.4 Å². The number of H-pyrrole nitrogens is 1. The Hall–Kier alpha value is -1.86. The third-order valence-electron chi connectivity index (χ3n) is 2.75. The first kappa shape index (κ1) is 13.6. The fraction of sp³-hybridized carbons (Fsp3) is 0.250. The minimum atomic E-state index is -3.78. The van der Waals surface area contributed by atoms with Crippen molar-refractivity contribution < 1.29 is 13.5 Å². The van der Waals surface area contributed by atoms with E-state index in [9.17, 15) is 8.42 Å². The fourth-order valence-electron chi connectivity index (χ4n) is 1.69. The van der Waals surface area contributed by atoms with Crippen LogP contribution >= 0.6 is 0 Å². The van der Waals surface area contributed by atoms with Gasteiger partial charge in [-0.3, -0.25) is 9.82 Å². The third-order valence-corrected chi connectivity index (χ3v) is 4.13. The van der Waals surface area contributed by atoms with E-state index in [2.05, 4.69) is 14.9 Å². The highest BCUT2D eigenvalue weighted by atomic mass is 32.2. The fourth-order valence-corrected chi connectivity index (χ4v) is 2.93. The van der Waals surface area contributed by atoms with Gasteiger partial charge in [0, 0.05) is 5.56 Å². The van der Waals surface area contributed by atoms with Gasteiger partial charge in [-0.15, -0.1) is 0 Å². The van der Waals surface area contributed by atoms with Crippen molar-refractivity contribution in [3.63, 3.8) is 0 Å². The molecule has 0 saturated carbocycles. The van der Waals surface area contributed by atoms with Gasteiger partial charge in [0.25, 0.3) is 10.0 Å². The Balaban J connectivity index is 2.39. The van der Waals surface area contributed by atoms with Crippen LogP contribution in [0.5, 0.6) is 0 Å². The van der Waals surface area contributed by atoms with Crippen LogP contribution in [0.1, 0.15) is 16.7 Å². The molecular formula is C12H15N3O3S. The standard InChI is InChI=1S/C12H15N3O3S/c1-8-3-4-9(2)11(5-8)15-19(17,18)12-10(7-16)6-13-14-12/h3-6,15-16H,7H2,1-2H3,(H,13,14). The van der Waals surface area contributed by atoms with Gasteiger partial charge in [0.2, 0.25) is 0 Å². The topological polar surface area (TPSA) is 95.1 Å². The van der Waals surface area contributed by atoms with Crippen molar-refractivity contribution >= 4 is 15.7 Å². The molecule has 0 saturated heterocycles. The Labute approximate surface area is 111 Å². The molecule has 2 rings (SSSR count). The number of aliphatic hydroxyl groups is 1. The Morgan fingerprint density at radius 1 is 1.37 bits per heavy atom. The Kier molecular flexibility index (Phi) is 3.59. The number of aromatic amines is 1. The van der Waals surface area contributed by atoms with Crippen molar-refractivity contribution in [3.05, 3.63) is 41.1 Å². The number of anilines is 1. The predicted molar refractivity (Wildman–Crippen MR) is 71.2 cm³/mol. The minimum Gasteiger partial charge on any atom is -0.392 e. The molecule has 0 amide bonds. The second-order valence-electron chi connectivity index (χ2n) is 4.31. The monoisotopic (exact) mass is 281 g/mol. The van der Waals surface area contributed by atoms with Gasteiger partial charge in [-0.25, -0.2) is 0 Å². The molecule has 1 heterocycles. The van der Waals surface area contributed by atoms with E-state index in [4.69, 9.17) is 5.11 Å². The maximum atomic E-state index is 12.2. The van der Waals surface area contributed by atoms with Gasteiger partial charge >= 0.3 is 0 Å². The first-order valence-corrected chi connectivity index (χ1v) is 7.15. The Bertz CT molecular complexity index is 692. The first-order valence-electron chi connectivity index (χ1n) is 5.67. The normalized spacial score (nSPS) is 11.5. The molecule has 0 radical (unpaired) electrons. The molecule has 0 unspecified atom stereocenters. The molecule has 0 aliphatic heterocycles. The lowest BCUT2D eigenvalue weighted by atomic mass is 10.1. The number of aromatic nitrogens is 2. The average molecular weight is 281 g/mol. The second-order valence-corrected chi connectivity index (χ2v) is 5.93. The number of benzene rings is 1. The quantitative estimate of drug-likeness (QED) is 0.787. The maximum Gasteiger partial charge on any atom is 0.279 e. The number of rotatable bonds is 4. The summed E-state index contributed by atoms with van der Waals surface area (Å²) in [6.45, 7) is 3.31. The van der Waals surface area contributed by atoms with Crippen molar-refractivity contribution in [1.29, 1.82) is 0 Å². The van der Waals surface area contributed by atoms with Crippen LogP contribution in [0.3, 0.4) is 0 Å². The molecule has 0 bridgehead atoms. The molecule has 7 heteroatoms. The molecule has 1 aromatic heterocycles. The molecule has 3 N–H and O–H groups in total. The van der Waals surface area contributed by atoms with E-state index in [1.165, 1.54) is 6.20 Å². The van der Waals surface area contributed by atoms with Crippen LogP contribution in [-0.4, -0.2) is 23.7 Å². The smallest absolute Gasteiger partial charge is 0.279 e. The molecular weight excluding hydrogens is 266 g/mol. The van der Waals surface area contributed by atoms with Crippen molar-refractivity contribution in [2.75, 3.05) is 4.72 Å².